The number of hydrogen-bond donors (Lipinski definition) is 3. The van der Waals surface area contributed by atoms with Gasteiger partial charge in [0.05, 0.1) is 11.4 Å². The number of aromatic nitrogens is 5. The maximum absolute atomic E-state index is 14.6. The average molecular weight is 463 g/mol. The van der Waals surface area contributed by atoms with Crippen molar-refractivity contribution in [2.75, 3.05) is 6.54 Å². The van der Waals surface area contributed by atoms with Crippen LogP contribution in [0.1, 0.15) is 12.5 Å². The van der Waals surface area contributed by atoms with E-state index in [-0.39, 0.29) is 5.82 Å². The summed E-state index contributed by atoms with van der Waals surface area (Å²) in [6.45, 7) is 3.75. The van der Waals surface area contributed by atoms with Crippen LogP contribution in [-0.2, 0) is 6.54 Å². The first-order valence-electron chi connectivity index (χ1n) is 11.6. The number of aromatic amines is 2. The fourth-order valence-corrected chi connectivity index (χ4v) is 4.48. The molecule has 0 amide bonds. The van der Waals surface area contributed by atoms with E-state index in [0.29, 0.717) is 11.2 Å². The largest absolute Gasteiger partial charge is 0.353 e. The molecule has 4 aromatic heterocycles. The highest BCUT2D eigenvalue weighted by atomic mass is 19.1. The van der Waals surface area contributed by atoms with Crippen molar-refractivity contribution in [1.82, 2.24) is 30.5 Å². The Morgan fingerprint density at radius 3 is 2.63 bits per heavy atom. The van der Waals surface area contributed by atoms with Crippen LogP contribution in [0.5, 0.6) is 0 Å². The molecule has 35 heavy (non-hydrogen) atoms. The monoisotopic (exact) mass is 462 g/mol. The van der Waals surface area contributed by atoms with Crippen LogP contribution in [0.2, 0.25) is 0 Å². The molecule has 6 rings (SSSR count). The van der Waals surface area contributed by atoms with Crippen molar-refractivity contribution < 1.29 is 4.39 Å². The smallest absolute Gasteiger partial charge is 0.181 e. The number of rotatable bonds is 6. The zero-order chi connectivity index (χ0) is 23.8. The van der Waals surface area contributed by atoms with Gasteiger partial charge in [0.1, 0.15) is 5.82 Å². The molecule has 3 N–H and O–H groups in total. The summed E-state index contributed by atoms with van der Waals surface area (Å²) in [5.41, 5.74) is 7.76. The molecule has 172 valence electrons. The second-order valence-electron chi connectivity index (χ2n) is 8.49. The molecule has 7 heteroatoms. The van der Waals surface area contributed by atoms with E-state index in [1.54, 1.807) is 12.1 Å². The lowest BCUT2D eigenvalue weighted by molar-refractivity contribution is 0.631. The van der Waals surface area contributed by atoms with Crippen LogP contribution in [0.4, 0.5) is 4.39 Å². The van der Waals surface area contributed by atoms with Crippen LogP contribution >= 0.6 is 0 Å². The van der Waals surface area contributed by atoms with Crippen LogP contribution < -0.4 is 5.32 Å². The summed E-state index contributed by atoms with van der Waals surface area (Å²) < 4.78 is 14.6. The molecular weight excluding hydrogens is 439 g/mol. The van der Waals surface area contributed by atoms with Gasteiger partial charge in [-0.3, -0.25) is 10.1 Å². The molecule has 0 bridgehead atoms. The minimum Gasteiger partial charge on any atom is -0.353 e. The summed E-state index contributed by atoms with van der Waals surface area (Å²) in [4.78, 5) is 12.5. The first kappa shape index (κ1) is 21.2. The summed E-state index contributed by atoms with van der Waals surface area (Å²) >= 11 is 0. The SMILES string of the molecule is CCNCc1cncc(-c2cnc3n[nH]c(-c4cc5c(-c6ccccc6F)cccc5[nH]4)c3c2)c1. The van der Waals surface area contributed by atoms with Gasteiger partial charge in [-0.05, 0) is 48.0 Å². The molecule has 6 aromatic rings. The number of pyridine rings is 2. The Bertz CT molecular complexity index is 1670. The number of nitrogens with zero attached hydrogens (tertiary/aromatic N) is 3. The first-order chi connectivity index (χ1) is 17.2. The number of hydrogen-bond acceptors (Lipinski definition) is 4. The van der Waals surface area contributed by atoms with Gasteiger partial charge in [-0.1, -0.05) is 37.3 Å². The zero-order valence-electron chi connectivity index (χ0n) is 19.1. The van der Waals surface area contributed by atoms with Crippen LogP contribution in [0.3, 0.4) is 0 Å². The van der Waals surface area contributed by atoms with Crippen LogP contribution in [0.25, 0.3) is 55.6 Å². The zero-order valence-corrected chi connectivity index (χ0v) is 19.1. The molecule has 0 saturated carbocycles. The van der Waals surface area contributed by atoms with Crippen LogP contribution in [0.15, 0.2) is 79.3 Å². The van der Waals surface area contributed by atoms with E-state index in [9.17, 15) is 4.39 Å². The van der Waals surface area contributed by atoms with Gasteiger partial charge in [-0.2, -0.15) is 5.10 Å². The second-order valence-corrected chi connectivity index (χ2v) is 8.49. The highest BCUT2D eigenvalue weighted by Gasteiger charge is 2.16. The molecule has 0 aliphatic heterocycles. The molecule has 6 nitrogen and oxygen atoms in total. The van der Waals surface area contributed by atoms with E-state index in [0.717, 1.165) is 63.0 Å². The molecule has 0 atom stereocenters. The minimum absolute atomic E-state index is 0.242. The number of H-pyrrole nitrogens is 2. The topological polar surface area (TPSA) is 82.3 Å². The Hall–Kier alpha value is -4.36. The van der Waals surface area contributed by atoms with E-state index in [1.807, 2.05) is 48.9 Å². The van der Waals surface area contributed by atoms with E-state index in [2.05, 4.69) is 49.5 Å². The summed E-state index contributed by atoms with van der Waals surface area (Å²) in [7, 11) is 0. The van der Waals surface area contributed by atoms with Gasteiger partial charge in [-0.15, -0.1) is 0 Å². The van der Waals surface area contributed by atoms with Crippen molar-refractivity contribution in [3.8, 4) is 33.6 Å². The minimum atomic E-state index is -0.242. The third kappa shape index (κ3) is 3.86. The lowest BCUT2D eigenvalue weighted by Gasteiger charge is -2.06. The van der Waals surface area contributed by atoms with Crippen molar-refractivity contribution in [2.24, 2.45) is 0 Å². The summed E-state index contributed by atoms with van der Waals surface area (Å²) in [6, 6.07) is 19.0. The van der Waals surface area contributed by atoms with Gasteiger partial charge in [0.25, 0.3) is 0 Å². The number of benzene rings is 2. The lowest BCUT2D eigenvalue weighted by atomic mass is 10.0. The molecular formula is C28H23FN6. The Morgan fingerprint density at radius 1 is 0.886 bits per heavy atom. The van der Waals surface area contributed by atoms with E-state index in [4.69, 9.17) is 0 Å². The molecule has 0 radical (unpaired) electrons. The number of nitrogens with one attached hydrogen (secondary N) is 3. The molecule has 0 saturated heterocycles. The van der Waals surface area contributed by atoms with Crippen molar-refractivity contribution in [2.45, 2.75) is 13.5 Å². The van der Waals surface area contributed by atoms with E-state index >= 15 is 0 Å². The highest BCUT2D eigenvalue weighted by molar-refractivity contribution is 6.01. The van der Waals surface area contributed by atoms with Gasteiger partial charge in [0.15, 0.2) is 5.65 Å². The van der Waals surface area contributed by atoms with Crippen LogP contribution in [0, 0.1) is 5.82 Å². The number of fused-ring (bicyclic) bond motifs is 2. The molecule has 0 unspecified atom stereocenters. The van der Waals surface area contributed by atoms with Gasteiger partial charge >= 0.3 is 0 Å². The standard InChI is InChI=1S/C28H23FN6/c1-2-30-13-17-10-18(15-31-14-17)19-11-23-27(34-35-28(23)32-16-19)26-12-22-20(7-5-9-25(22)33-26)21-6-3-4-8-24(21)29/h3-12,14-16,30,33H,2,13H2,1H3,(H,32,34,35). The molecule has 0 aliphatic carbocycles. The normalized spacial score (nSPS) is 11.5. The maximum atomic E-state index is 14.6. The summed E-state index contributed by atoms with van der Waals surface area (Å²) in [5, 5.41) is 12.7. The Balaban J connectivity index is 1.45. The van der Waals surface area contributed by atoms with Crippen LogP contribution in [-0.4, -0.2) is 31.7 Å². The fourth-order valence-electron chi connectivity index (χ4n) is 4.48. The Kier molecular flexibility index (Phi) is 5.31. The number of halogens is 1. The summed E-state index contributed by atoms with van der Waals surface area (Å²) in [5.74, 6) is -0.242. The quantitative estimate of drug-likeness (QED) is 0.280. The summed E-state index contributed by atoms with van der Waals surface area (Å²) in [6.07, 6.45) is 5.54. The van der Waals surface area contributed by atoms with Gasteiger partial charge in [0.2, 0.25) is 0 Å². The third-order valence-electron chi connectivity index (χ3n) is 6.21. The predicted molar refractivity (Wildman–Crippen MR) is 137 cm³/mol. The first-order valence-corrected chi connectivity index (χ1v) is 11.6. The highest BCUT2D eigenvalue weighted by Crippen LogP contribution is 2.35. The lowest BCUT2D eigenvalue weighted by Crippen LogP contribution is -2.11. The molecule has 0 aliphatic rings. The van der Waals surface area contributed by atoms with Crippen molar-refractivity contribution >= 4 is 21.9 Å². The van der Waals surface area contributed by atoms with Crippen molar-refractivity contribution in [3.63, 3.8) is 0 Å². The maximum Gasteiger partial charge on any atom is 0.181 e. The predicted octanol–water partition coefficient (Wildman–Crippen LogP) is 6.08. The molecule has 2 aromatic carbocycles. The second kappa shape index (κ2) is 8.77. The Labute approximate surface area is 201 Å². The third-order valence-corrected chi connectivity index (χ3v) is 6.21. The van der Waals surface area contributed by atoms with Crippen molar-refractivity contribution in [1.29, 1.82) is 0 Å². The van der Waals surface area contributed by atoms with Gasteiger partial charge in [0, 0.05) is 58.1 Å². The van der Waals surface area contributed by atoms with Gasteiger partial charge < -0.3 is 10.3 Å². The van der Waals surface area contributed by atoms with E-state index < -0.39 is 0 Å². The fraction of sp³-hybridized carbons (Fsp3) is 0.107. The molecule has 4 heterocycles. The molecule has 0 spiro atoms. The van der Waals surface area contributed by atoms with Crippen molar-refractivity contribution in [3.05, 3.63) is 90.6 Å². The average Bonchev–Trinajstić information content (AvgIpc) is 3.51. The van der Waals surface area contributed by atoms with Gasteiger partial charge in [-0.25, -0.2) is 9.37 Å². The molecule has 0 fully saturated rings. The van der Waals surface area contributed by atoms with E-state index in [1.165, 1.54) is 6.07 Å². The Morgan fingerprint density at radius 2 is 1.74 bits per heavy atom.